The van der Waals surface area contributed by atoms with E-state index in [1.807, 2.05) is 59.0 Å². The number of rotatable bonds is 12. The molecule has 2 aromatic heterocycles. The van der Waals surface area contributed by atoms with Crippen molar-refractivity contribution >= 4 is 29.1 Å². The van der Waals surface area contributed by atoms with Gasteiger partial charge in [-0.05, 0) is 78.3 Å². The first kappa shape index (κ1) is 33.0. The molecule has 12 heteroatoms. The maximum atomic E-state index is 13.9. The Balaban J connectivity index is 1.17. The molecule has 0 spiro atoms. The van der Waals surface area contributed by atoms with E-state index in [1.165, 1.54) is 6.92 Å². The summed E-state index contributed by atoms with van der Waals surface area (Å²) in [4.78, 5) is 44.4. The van der Waals surface area contributed by atoms with Gasteiger partial charge in [-0.2, -0.15) is 5.10 Å². The van der Waals surface area contributed by atoms with Gasteiger partial charge >= 0.3 is 0 Å². The molecule has 4 heterocycles. The summed E-state index contributed by atoms with van der Waals surface area (Å²) in [5.41, 5.74) is 8.27. The number of pyridine rings is 1. The van der Waals surface area contributed by atoms with Crippen LogP contribution in [0.1, 0.15) is 69.2 Å². The number of nitrogens with one attached hydrogen (secondary N) is 4. The minimum atomic E-state index is -0.298. The molecular weight excluding hydrogens is 608 g/mol. The Kier molecular flexibility index (Phi) is 10.2. The zero-order valence-corrected chi connectivity index (χ0v) is 27.4. The summed E-state index contributed by atoms with van der Waals surface area (Å²) < 4.78 is 1.93. The highest BCUT2D eigenvalue weighted by Gasteiger charge is 2.31. The van der Waals surface area contributed by atoms with Gasteiger partial charge in [-0.25, -0.2) is 0 Å². The van der Waals surface area contributed by atoms with E-state index in [0.29, 0.717) is 56.2 Å². The van der Waals surface area contributed by atoms with E-state index in [-0.39, 0.29) is 30.4 Å². The minimum Gasteiger partial charge on any atom is -0.395 e. The zero-order chi connectivity index (χ0) is 33.6. The van der Waals surface area contributed by atoms with Crippen molar-refractivity contribution < 1.29 is 19.5 Å². The molecule has 0 saturated carbocycles. The van der Waals surface area contributed by atoms with Gasteiger partial charge < -0.3 is 31.3 Å². The van der Waals surface area contributed by atoms with Gasteiger partial charge in [0.05, 0.1) is 12.3 Å². The van der Waals surface area contributed by atoms with Crippen molar-refractivity contribution in [3.8, 4) is 11.1 Å². The first-order chi connectivity index (χ1) is 23.3. The van der Waals surface area contributed by atoms with Crippen LogP contribution in [-0.4, -0.2) is 70.4 Å². The Morgan fingerprint density at radius 2 is 1.81 bits per heavy atom. The first-order valence-corrected chi connectivity index (χ1v) is 16.5. The van der Waals surface area contributed by atoms with Crippen LogP contribution in [0.5, 0.6) is 0 Å². The number of fused-ring (bicyclic) bond motifs is 2. The maximum absolute atomic E-state index is 13.9. The quantitative estimate of drug-likeness (QED) is 0.146. The van der Waals surface area contributed by atoms with Crippen molar-refractivity contribution in [3.05, 3.63) is 94.6 Å². The summed E-state index contributed by atoms with van der Waals surface area (Å²) in [6.07, 6.45) is 4.27. The van der Waals surface area contributed by atoms with Gasteiger partial charge in [0.2, 0.25) is 5.91 Å². The van der Waals surface area contributed by atoms with E-state index in [4.69, 9.17) is 10.2 Å². The van der Waals surface area contributed by atoms with Gasteiger partial charge in [0, 0.05) is 69.8 Å². The number of carbonyl (C=O) groups excluding carboxylic acids is 3. The van der Waals surface area contributed by atoms with Crippen LogP contribution in [0, 0.1) is 6.92 Å². The molecule has 2 aromatic carbocycles. The molecule has 5 N–H and O–H groups in total. The van der Waals surface area contributed by atoms with Crippen molar-refractivity contribution in [2.75, 3.05) is 43.0 Å². The Labute approximate surface area is 279 Å². The summed E-state index contributed by atoms with van der Waals surface area (Å²) >= 11 is 0. The summed E-state index contributed by atoms with van der Waals surface area (Å²) in [7, 11) is 0. The standard InChI is InChI=1S/C36H42N8O4/c1-23-26(6-3-8-29(23)41-35(47)31-12-11-25(22-40-31)21-37-16-19-45)27-7-4-10-33-28(27)13-18-43(33)36(48)32-20-34-30(9-5-17-44(34)42-32)39-15-14-38-24(2)46/h3-4,6-8,10-12,20,22,30,37,39,45H,5,9,13-19,21H2,1-2H3,(H,38,46)(H,41,47). The van der Waals surface area contributed by atoms with Crippen molar-refractivity contribution in [3.63, 3.8) is 0 Å². The van der Waals surface area contributed by atoms with E-state index in [0.717, 1.165) is 58.6 Å². The first-order valence-electron chi connectivity index (χ1n) is 16.5. The Bertz CT molecular complexity index is 1800. The predicted molar refractivity (Wildman–Crippen MR) is 184 cm³/mol. The maximum Gasteiger partial charge on any atom is 0.278 e. The van der Waals surface area contributed by atoms with Crippen LogP contribution in [0.15, 0.2) is 60.8 Å². The number of nitrogens with zero attached hydrogens (tertiary/aromatic N) is 4. The van der Waals surface area contributed by atoms with E-state index >= 15 is 0 Å². The van der Waals surface area contributed by atoms with E-state index in [2.05, 4.69) is 32.3 Å². The van der Waals surface area contributed by atoms with Gasteiger partial charge in [0.15, 0.2) is 5.69 Å². The van der Waals surface area contributed by atoms with E-state index in [1.54, 1.807) is 12.3 Å². The lowest BCUT2D eigenvalue weighted by atomic mass is 9.93. The third kappa shape index (κ3) is 7.15. The van der Waals surface area contributed by atoms with Crippen molar-refractivity contribution in [1.82, 2.24) is 30.7 Å². The average Bonchev–Trinajstić information content (AvgIpc) is 3.73. The second-order valence-corrected chi connectivity index (χ2v) is 12.2. The Hall–Kier alpha value is -4.91. The third-order valence-electron chi connectivity index (χ3n) is 8.96. The third-order valence-corrected chi connectivity index (χ3v) is 8.96. The van der Waals surface area contributed by atoms with E-state index < -0.39 is 0 Å². The molecule has 0 radical (unpaired) electrons. The van der Waals surface area contributed by atoms with Crippen LogP contribution in [0.2, 0.25) is 0 Å². The minimum absolute atomic E-state index is 0.0539. The topological polar surface area (TPSA) is 154 Å². The summed E-state index contributed by atoms with van der Waals surface area (Å²) in [5.74, 6) is -0.472. The van der Waals surface area contributed by atoms with Gasteiger partial charge in [-0.15, -0.1) is 0 Å². The van der Waals surface area contributed by atoms with Gasteiger partial charge in [0.25, 0.3) is 11.8 Å². The highest BCUT2D eigenvalue weighted by molar-refractivity contribution is 6.07. The predicted octanol–water partition coefficient (Wildman–Crippen LogP) is 3.35. The number of aromatic nitrogens is 3. The molecule has 0 aliphatic carbocycles. The Morgan fingerprint density at radius 1 is 0.979 bits per heavy atom. The highest BCUT2D eigenvalue weighted by Crippen LogP contribution is 2.39. The molecule has 4 aromatic rings. The lowest BCUT2D eigenvalue weighted by Crippen LogP contribution is -2.34. The fourth-order valence-corrected chi connectivity index (χ4v) is 6.54. The number of aliphatic hydroxyl groups is 1. The summed E-state index contributed by atoms with van der Waals surface area (Å²) in [6, 6.07) is 17.4. The molecule has 0 saturated heterocycles. The summed E-state index contributed by atoms with van der Waals surface area (Å²) in [5, 5.41) is 26.1. The monoisotopic (exact) mass is 650 g/mol. The second-order valence-electron chi connectivity index (χ2n) is 12.2. The molecular formula is C36H42N8O4. The number of aryl methyl sites for hydroxylation is 1. The lowest BCUT2D eigenvalue weighted by Gasteiger charge is -2.24. The number of hydrogen-bond acceptors (Lipinski definition) is 8. The molecule has 6 rings (SSSR count). The van der Waals surface area contributed by atoms with Crippen molar-refractivity contribution in [2.45, 2.75) is 52.2 Å². The number of amides is 3. The number of carbonyl (C=O) groups is 3. The van der Waals surface area contributed by atoms with Crippen LogP contribution in [-0.2, 0) is 24.3 Å². The molecule has 1 unspecified atom stereocenters. The largest absolute Gasteiger partial charge is 0.395 e. The van der Waals surface area contributed by atoms with Crippen molar-refractivity contribution in [1.29, 1.82) is 0 Å². The van der Waals surface area contributed by atoms with Gasteiger partial charge in [0.1, 0.15) is 5.69 Å². The number of hydrogen-bond donors (Lipinski definition) is 5. The molecule has 1 atom stereocenters. The zero-order valence-electron chi connectivity index (χ0n) is 27.4. The molecule has 2 aliphatic rings. The van der Waals surface area contributed by atoms with Crippen molar-refractivity contribution in [2.24, 2.45) is 0 Å². The molecule has 48 heavy (non-hydrogen) atoms. The lowest BCUT2D eigenvalue weighted by molar-refractivity contribution is -0.118. The van der Waals surface area contributed by atoms with Gasteiger partial charge in [-0.1, -0.05) is 30.3 Å². The normalized spacial score (nSPS) is 15.1. The molecule has 0 bridgehead atoms. The molecule has 0 fully saturated rings. The average molecular weight is 651 g/mol. The van der Waals surface area contributed by atoms with Crippen LogP contribution in [0.3, 0.4) is 0 Å². The molecule has 12 nitrogen and oxygen atoms in total. The van der Waals surface area contributed by atoms with Gasteiger partial charge in [-0.3, -0.25) is 24.0 Å². The fourth-order valence-electron chi connectivity index (χ4n) is 6.54. The molecule has 250 valence electrons. The van der Waals surface area contributed by atoms with Crippen LogP contribution in [0.4, 0.5) is 11.4 Å². The SMILES string of the molecule is CC(=O)NCCNC1CCCn2nc(C(=O)N3CCc4c(-c5cccc(NC(=O)c6ccc(CNCCO)cn6)c5C)cccc43)cc21. The number of aliphatic hydroxyl groups excluding tert-OH is 1. The van der Waals surface area contributed by atoms with Crippen LogP contribution in [0.25, 0.3) is 11.1 Å². The highest BCUT2D eigenvalue weighted by atomic mass is 16.3. The second kappa shape index (κ2) is 14.9. The molecule has 2 aliphatic heterocycles. The number of anilines is 2. The smallest absolute Gasteiger partial charge is 0.278 e. The van der Waals surface area contributed by atoms with Crippen LogP contribution < -0.4 is 26.2 Å². The summed E-state index contributed by atoms with van der Waals surface area (Å²) in [6.45, 7) is 7.11. The fraction of sp³-hybridized carbons (Fsp3) is 0.361. The van der Waals surface area contributed by atoms with Crippen LogP contribution >= 0.6 is 0 Å². The molecule has 3 amide bonds. The Morgan fingerprint density at radius 3 is 2.60 bits per heavy atom. The van der Waals surface area contributed by atoms with E-state index in [9.17, 15) is 14.4 Å². The number of benzene rings is 2.